The van der Waals surface area contributed by atoms with Crippen LogP contribution in [-0.4, -0.2) is 18.5 Å². The number of nitrogens with one attached hydrogen (secondary N) is 1. The van der Waals surface area contributed by atoms with Gasteiger partial charge in [-0.25, -0.2) is 0 Å². The van der Waals surface area contributed by atoms with Crippen LogP contribution in [-0.2, 0) is 10.2 Å². The summed E-state index contributed by atoms with van der Waals surface area (Å²) in [6.45, 7) is 5.74. The van der Waals surface area contributed by atoms with Crippen LogP contribution in [0.1, 0.15) is 77.2 Å². The Morgan fingerprint density at radius 2 is 1.62 bits per heavy atom. The zero-order valence-corrected chi connectivity index (χ0v) is 18.3. The second kappa shape index (κ2) is 6.83. The highest BCUT2D eigenvalue weighted by atomic mass is 16.2. The Kier molecular flexibility index (Phi) is 4.62. The molecule has 1 aromatic carbocycles. The van der Waals surface area contributed by atoms with Gasteiger partial charge in [-0.1, -0.05) is 44.2 Å². The number of nitrogens with two attached hydrogens (primary N) is 1. The molecule has 1 amide bonds. The molecule has 2 atom stereocenters. The minimum absolute atomic E-state index is 0.151. The molecule has 158 valence electrons. The van der Waals surface area contributed by atoms with E-state index in [-0.39, 0.29) is 10.8 Å². The molecule has 3 heteroatoms. The van der Waals surface area contributed by atoms with Crippen molar-refractivity contribution >= 4 is 5.91 Å². The summed E-state index contributed by atoms with van der Waals surface area (Å²) in [7, 11) is 0. The fraction of sp³-hybridized carbons (Fsp3) is 0.731. The number of benzene rings is 1. The normalized spacial score (nSPS) is 42.6. The Bertz CT molecular complexity index is 744. The van der Waals surface area contributed by atoms with Crippen LogP contribution >= 0.6 is 0 Å². The van der Waals surface area contributed by atoms with Crippen molar-refractivity contribution in [2.45, 2.75) is 83.1 Å². The Morgan fingerprint density at radius 1 is 1.00 bits per heavy atom. The number of rotatable bonds is 4. The zero-order chi connectivity index (χ0) is 20.3. The van der Waals surface area contributed by atoms with Crippen molar-refractivity contribution < 1.29 is 4.79 Å². The standard InChI is InChI=1S/C26H38N2O/c1-24(2)20-12-25(19-6-4-3-5-7-19)13-21(24)15-26(14-20,17-25)23(29)28-22-10-8-18(16-27)9-11-22/h3-7,18,20-22H,8-17,27H2,1-2H3,(H,28,29)/t18-,20?,21?,22-,25?,26?. The van der Waals surface area contributed by atoms with Gasteiger partial charge in [0.25, 0.3) is 0 Å². The molecule has 0 aliphatic heterocycles. The lowest BCUT2D eigenvalue weighted by atomic mass is 9.36. The van der Waals surface area contributed by atoms with Gasteiger partial charge in [0.05, 0.1) is 5.41 Å². The molecule has 0 saturated heterocycles. The molecule has 5 aliphatic rings. The van der Waals surface area contributed by atoms with Crippen molar-refractivity contribution in [3.8, 4) is 0 Å². The van der Waals surface area contributed by atoms with E-state index in [2.05, 4.69) is 49.5 Å². The SMILES string of the molecule is CC1(C)C2CC3(C(=O)N[C@H]4CC[C@H](CN)CC4)CC1CC(c1ccccc1)(C2)C3. The summed E-state index contributed by atoms with van der Waals surface area (Å²) >= 11 is 0. The van der Waals surface area contributed by atoms with Crippen LogP contribution in [0.4, 0.5) is 0 Å². The largest absolute Gasteiger partial charge is 0.353 e. The monoisotopic (exact) mass is 394 g/mol. The molecular weight excluding hydrogens is 356 g/mol. The maximum Gasteiger partial charge on any atom is 0.226 e. The molecule has 2 unspecified atom stereocenters. The summed E-state index contributed by atoms with van der Waals surface area (Å²) < 4.78 is 0. The average molecular weight is 395 g/mol. The first-order valence-electron chi connectivity index (χ1n) is 11.9. The molecular formula is C26H38N2O. The van der Waals surface area contributed by atoms with Gasteiger partial charge in [-0.05, 0) is 98.5 Å². The third kappa shape index (κ3) is 3.07. The minimum atomic E-state index is -0.151. The fourth-order valence-electron chi connectivity index (χ4n) is 7.80. The van der Waals surface area contributed by atoms with Gasteiger partial charge in [0.15, 0.2) is 0 Å². The molecule has 4 bridgehead atoms. The number of carbonyl (C=O) groups excluding carboxylic acids is 1. The van der Waals surface area contributed by atoms with Crippen LogP contribution in [0, 0.1) is 28.6 Å². The summed E-state index contributed by atoms with van der Waals surface area (Å²) in [4.78, 5) is 13.8. The van der Waals surface area contributed by atoms with Crippen molar-refractivity contribution in [3.63, 3.8) is 0 Å². The molecule has 5 aliphatic carbocycles. The lowest BCUT2D eigenvalue weighted by Gasteiger charge is -2.67. The smallest absolute Gasteiger partial charge is 0.226 e. The van der Waals surface area contributed by atoms with Crippen LogP contribution in [0.3, 0.4) is 0 Å². The topological polar surface area (TPSA) is 55.1 Å². The van der Waals surface area contributed by atoms with Gasteiger partial charge in [-0.2, -0.15) is 0 Å². The Balaban J connectivity index is 1.41. The molecule has 1 aromatic rings. The summed E-state index contributed by atoms with van der Waals surface area (Å²) in [5.74, 6) is 2.34. The van der Waals surface area contributed by atoms with Crippen LogP contribution in [0.5, 0.6) is 0 Å². The number of hydrogen-bond acceptors (Lipinski definition) is 2. The van der Waals surface area contributed by atoms with Crippen molar-refractivity contribution in [3.05, 3.63) is 35.9 Å². The van der Waals surface area contributed by atoms with Crippen molar-refractivity contribution in [2.75, 3.05) is 6.54 Å². The van der Waals surface area contributed by atoms with E-state index in [1.807, 2.05) is 0 Å². The molecule has 3 N–H and O–H groups in total. The van der Waals surface area contributed by atoms with E-state index in [0.717, 1.165) is 38.6 Å². The summed E-state index contributed by atoms with van der Waals surface area (Å²) in [6, 6.07) is 11.5. The predicted molar refractivity (Wildman–Crippen MR) is 117 cm³/mol. The lowest BCUT2D eigenvalue weighted by molar-refractivity contribution is -0.172. The van der Waals surface area contributed by atoms with E-state index in [4.69, 9.17) is 5.73 Å². The quantitative estimate of drug-likeness (QED) is 0.771. The molecule has 0 radical (unpaired) electrons. The second-order valence-corrected chi connectivity index (χ2v) is 11.6. The van der Waals surface area contributed by atoms with E-state index in [0.29, 0.717) is 35.1 Å². The zero-order valence-electron chi connectivity index (χ0n) is 18.3. The fourth-order valence-corrected chi connectivity index (χ4v) is 7.80. The molecule has 5 saturated carbocycles. The summed E-state index contributed by atoms with van der Waals surface area (Å²) in [5.41, 5.74) is 7.76. The van der Waals surface area contributed by atoms with Gasteiger partial charge in [0.2, 0.25) is 5.91 Å². The van der Waals surface area contributed by atoms with Gasteiger partial charge in [0, 0.05) is 6.04 Å². The maximum atomic E-state index is 13.8. The first kappa shape index (κ1) is 19.6. The third-order valence-electron chi connectivity index (χ3n) is 9.71. The van der Waals surface area contributed by atoms with E-state index in [1.165, 1.54) is 31.2 Å². The van der Waals surface area contributed by atoms with E-state index >= 15 is 0 Å². The number of amides is 1. The lowest BCUT2D eigenvalue weighted by Crippen LogP contribution is -2.64. The van der Waals surface area contributed by atoms with Crippen LogP contribution < -0.4 is 11.1 Å². The van der Waals surface area contributed by atoms with E-state index in [9.17, 15) is 4.79 Å². The highest BCUT2D eigenvalue weighted by Gasteiger charge is 2.66. The maximum absolute atomic E-state index is 13.8. The van der Waals surface area contributed by atoms with Gasteiger partial charge in [-0.15, -0.1) is 0 Å². The second-order valence-electron chi connectivity index (χ2n) is 11.6. The van der Waals surface area contributed by atoms with Gasteiger partial charge < -0.3 is 11.1 Å². The van der Waals surface area contributed by atoms with E-state index < -0.39 is 0 Å². The number of carbonyl (C=O) groups is 1. The Labute approximate surface area is 176 Å². The highest BCUT2D eigenvalue weighted by molar-refractivity contribution is 5.84. The predicted octanol–water partition coefficient (Wildman–Crippen LogP) is 4.79. The Morgan fingerprint density at radius 3 is 2.21 bits per heavy atom. The van der Waals surface area contributed by atoms with Gasteiger partial charge in [-0.3, -0.25) is 4.79 Å². The first-order chi connectivity index (χ1) is 13.9. The first-order valence-corrected chi connectivity index (χ1v) is 11.9. The Hall–Kier alpha value is -1.35. The van der Waals surface area contributed by atoms with E-state index in [1.54, 1.807) is 0 Å². The third-order valence-corrected chi connectivity index (χ3v) is 9.71. The van der Waals surface area contributed by atoms with Crippen molar-refractivity contribution in [1.82, 2.24) is 5.32 Å². The molecule has 6 rings (SSSR count). The molecule has 0 spiro atoms. The highest BCUT2D eigenvalue weighted by Crippen LogP contribution is 2.71. The van der Waals surface area contributed by atoms with Gasteiger partial charge in [0.1, 0.15) is 0 Å². The molecule has 29 heavy (non-hydrogen) atoms. The van der Waals surface area contributed by atoms with Crippen molar-refractivity contribution in [1.29, 1.82) is 0 Å². The van der Waals surface area contributed by atoms with Crippen molar-refractivity contribution in [2.24, 2.45) is 34.3 Å². The van der Waals surface area contributed by atoms with Gasteiger partial charge >= 0.3 is 0 Å². The molecule has 0 aromatic heterocycles. The molecule has 3 nitrogen and oxygen atoms in total. The summed E-state index contributed by atoms with van der Waals surface area (Å²) in [6.07, 6.45) is 10.3. The van der Waals surface area contributed by atoms with Crippen LogP contribution in [0.2, 0.25) is 0 Å². The summed E-state index contributed by atoms with van der Waals surface area (Å²) in [5, 5.41) is 3.54. The molecule has 5 fully saturated rings. The molecule has 0 heterocycles. The van der Waals surface area contributed by atoms with Crippen LogP contribution in [0.15, 0.2) is 30.3 Å². The number of hydrogen-bond donors (Lipinski definition) is 2. The van der Waals surface area contributed by atoms with Crippen LogP contribution in [0.25, 0.3) is 0 Å². The minimum Gasteiger partial charge on any atom is -0.353 e. The average Bonchev–Trinajstić information content (AvgIpc) is 2.73.